The SMILES string of the molecule is COc1ccc(OC)c(N(CC(=O)N/N=C\c2ccc(OC3CSC3)cc2)S(=O)(=O)c2ccccc2)c1. The Morgan fingerprint density at radius 2 is 1.73 bits per heavy atom. The minimum Gasteiger partial charge on any atom is -0.497 e. The van der Waals surface area contributed by atoms with Crippen molar-refractivity contribution in [3.63, 3.8) is 0 Å². The van der Waals surface area contributed by atoms with Crippen LogP contribution in [-0.2, 0) is 14.8 Å². The Labute approximate surface area is 220 Å². The summed E-state index contributed by atoms with van der Waals surface area (Å²) in [4.78, 5) is 12.9. The molecule has 3 aromatic rings. The molecule has 4 rings (SSSR count). The molecule has 0 aromatic heterocycles. The second kappa shape index (κ2) is 12.0. The van der Waals surface area contributed by atoms with Crippen LogP contribution in [0.5, 0.6) is 17.2 Å². The number of thioether (sulfide) groups is 1. The lowest BCUT2D eigenvalue weighted by atomic mass is 10.2. The molecule has 3 aromatic carbocycles. The van der Waals surface area contributed by atoms with E-state index < -0.39 is 22.5 Å². The minimum atomic E-state index is -4.13. The molecule has 1 saturated heterocycles. The number of carbonyl (C=O) groups is 1. The highest BCUT2D eigenvalue weighted by Crippen LogP contribution is 2.35. The molecule has 0 unspecified atom stereocenters. The third-order valence-corrected chi connectivity index (χ3v) is 8.46. The standard InChI is InChI=1S/C26H27N3O6S2/c1-33-21-12-13-25(34-2)24(14-21)29(37(31,32)23-6-4-3-5-7-23)16-26(30)28-27-15-19-8-10-20(11-9-19)35-22-17-36-18-22/h3-15,22H,16-18H2,1-2H3,(H,28,30)/b27-15-. The van der Waals surface area contributed by atoms with E-state index in [0.717, 1.165) is 27.1 Å². The topological polar surface area (TPSA) is 107 Å². The van der Waals surface area contributed by atoms with Gasteiger partial charge < -0.3 is 14.2 Å². The van der Waals surface area contributed by atoms with E-state index in [2.05, 4.69) is 10.5 Å². The summed E-state index contributed by atoms with van der Waals surface area (Å²) in [6.45, 7) is -0.537. The molecule has 0 bridgehead atoms. The van der Waals surface area contributed by atoms with Crippen LogP contribution in [0.1, 0.15) is 5.56 Å². The van der Waals surface area contributed by atoms with Crippen molar-refractivity contribution in [2.45, 2.75) is 11.0 Å². The molecular weight excluding hydrogens is 514 g/mol. The van der Waals surface area contributed by atoms with E-state index in [1.54, 1.807) is 30.3 Å². The van der Waals surface area contributed by atoms with Crippen LogP contribution >= 0.6 is 11.8 Å². The Hall–Kier alpha value is -3.70. The van der Waals surface area contributed by atoms with Crippen molar-refractivity contribution < 1.29 is 27.4 Å². The highest BCUT2D eigenvalue weighted by Gasteiger charge is 2.30. The number of carbonyl (C=O) groups excluding carboxylic acids is 1. The van der Waals surface area contributed by atoms with Crippen molar-refractivity contribution in [1.82, 2.24) is 5.43 Å². The molecule has 0 spiro atoms. The number of rotatable bonds is 11. The summed E-state index contributed by atoms with van der Waals surface area (Å²) in [7, 11) is -1.24. The normalized spacial score (nSPS) is 13.6. The summed E-state index contributed by atoms with van der Waals surface area (Å²) in [6.07, 6.45) is 1.73. The quantitative estimate of drug-likeness (QED) is 0.292. The van der Waals surface area contributed by atoms with Crippen LogP contribution in [0.3, 0.4) is 0 Å². The molecule has 194 valence electrons. The fourth-order valence-corrected chi connectivity index (χ4v) is 5.47. The predicted molar refractivity (Wildman–Crippen MR) is 144 cm³/mol. The van der Waals surface area contributed by atoms with Crippen molar-refractivity contribution in [3.8, 4) is 17.2 Å². The van der Waals surface area contributed by atoms with Gasteiger partial charge in [0.05, 0.1) is 31.0 Å². The van der Waals surface area contributed by atoms with Gasteiger partial charge in [-0.05, 0) is 54.1 Å². The van der Waals surface area contributed by atoms with E-state index in [0.29, 0.717) is 5.75 Å². The summed E-state index contributed by atoms with van der Waals surface area (Å²) < 4.78 is 44.6. The van der Waals surface area contributed by atoms with Crippen LogP contribution in [0.4, 0.5) is 5.69 Å². The smallest absolute Gasteiger partial charge is 0.264 e. The molecule has 1 N–H and O–H groups in total. The Balaban J connectivity index is 1.52. The van der Waals surface area contributed by atoms with E-state index in [-0.39, 0.29) is 22.4 Å². The zero-order valence-corrected chi connectivity index (χ0v) is 22.0. The largest absolute Gasteiger partial charge is 0.497 e. The fourth-order valence-electron chi connectivity index (χ4n) is 3.46. The zero-order chi connectivity index (χ0) is 26.3. The van der Waals surface area contributed by atoms with Crippen LogP contribution in [0, 0.1) is 0 Å². The van der Waals surface area contributed by atoms with Gasteiger partial charge in [0, 0.05) is 17.6 Å². The summed E-state index contributed by atoms with van der Waals surface area (Å²) in [6, 6.07) is 19.9. The van der Waals surface area contributed by atoms with Gasteiger partial charge >= 0.3 is 0 Å². The molecule has 0 saturated carbocycles. The van der Waals surface area contributed by atoms with E-state index in [4.69, 9.17) is 14.2 Å². The van der Waals surface area contributed by atoms with Gasteiger partial charge in [-0.1, -0.05) is 18.2 Å². The van der Waals surface area contributed by atoms with Gasteiger partial charge in [0.1, 0.15) is 29.9 Å². The molecule has 1 fully saturated rings. The third kappa shape index (κ3) is 6.55. The molecule has 9 nitrogen and oxygen atoms in total. The Kier molecular flexibility index (Phi) is 8.57. The second-order valence-electron chi connectivity index (χ2n) is 8.00. The Bertz CT molecular complexity index is 1340. The lowest BCUT2D eigenvalue weighted by Crippen LogP contribution is -2.39. The van der Waals surface area contributed by atoms with Crippen molar-refractivity contribution in [3.05, 3.63) is 78.4 Å². The number of hydrazone groups is 1. The molecule has 11 heteroatoms. The molecule has 1 aliphatic rings. The first-order valence-electron chi connectivity index (χ1n) is 11.4. The number of hydrogen-bond acceptors (Lipinski definition) is 8. The van der Waals surface area contributed by atoms with Crippen LogP contribution in [0.2, 0.25) is 0 Å². The maximum atomic E-state index is 13.6. The van der Waals surface area contributed by atoms with Crippen molar-refractivity contribution in [2.75, 3.05) is 36.6 Å². The molecule has 37 heavy (non-hydrogen) atoms. The van der Waals surface area contributed by atoms with E-state index >= 15 is 0 Å². The van der Waals surface area contributed by atoms with Gasteiger partial charge in [0.2, 0.25) is 0 Å². The number of benzene rings is 3. The number of nitrogens with one attached hydrogen (secondary N) is 1. The first-order chi connectivity index (χ1) is 17.9. The van der Waals surface area contributed by atoms with Crippen LogP contribution in [-0.4, -0.2) is 58.9 Å². The lowest BCUT2D eigenvalue weighted by molar-refractivity contribution is -0.119. The Morgan fingerprint density at radius 1 is 1.03 bits per heavy atom. The number of ether oxygens (including phenoxy) is 3. The molecule has 1 aliphatic heterocycles. The number of amides is 1. The average molecular weight is 542 g/mol. The summed E-state index contributed by atoms with van der Waals surface area (Å²) >= 11 is 1.85. The Morgan fingerprint density at radius 3 is 2.35 bits per heavy atom. The summed E-state index contributed by atoms with van der Waals surface area (Å²) in [5, 5.41) is 3.99. The fraction of sp³-hybridized carbons (Fsp3) is 0.231. The maximum Gasteiger partial charge on any atom is 0.264 e. The van der Waals surface area contributed by atoms with E-state index in [1.807, 2.05) is 36.0 Å². The predicted octanol–water partition coefficient (Wildman–Crippen LogP) is 3.54. The van der Waals surface area contributed by atoms with Gasteiger partial charge in [0.25, 0.3) is 15.9 Å². The highest BCUT2D eigenvalue weighted by molar-refractivity contribution is 8.00. The number of anilines is 1. The molecule has 1 amide bonds. The second-order valence-corrected chi connectivity index (χ2v) is 10.9. The lowest BCUT2D eigenvalue weighted by Gasteiger charge is -2.25. The number of sulfonamides is 1. The van der Waals surface area contributed by atoms with Crippen LogP contribution < -0.4 is 23.9 Å². The van der Waals surface area contributed by atoms with Gasteiger partial charge in [-0.3, -0.25) is 9.10 Å². The first-order valence-corrected chi connectivity index (χ1v) is 14.0. The van der Waals surface area contributed by atoms with Gasteiger partial charge in [-0.2, -0.15) is 16.9 Å². The molecular formula is C26H27N3O6S2. The van der Waals surface area contributed by atoms with Crippen LogP contribution in [0.25, 0.3) is 0 Å². The van der Waals surface area contributed by atoms with Crippen molar-refractivity contribution >= 4 is 39.6 Å². The average Bonchev–Trinajstić information content (AvgIpc) is 2.90. The number of nitrogens with zero attached hydrogens (tertiary/aromatic N) is 2. The zero-order valence-electron chi connectivity index (χ0n) is 20.4. The van der Waals surface area contributed by atoms with Gasteiger partial charge in [-0.15, -0.1) is 0 Å². The number of methoxy groups -OCH3 is 2. The van der Waals surface area contributed by atoms with Crippen molar-refractivity contribution in [1.29, 1.82) is 0 Å². The van der Waals surface area contributed by atoms with E-state index in [1.165, 1.54) is 38.6 Å². The number of hydrogen-bond donors (Lipinski definition) is 1. The van der Waals surface area contributed by atoms with Crippen molar-refractivity contribution in [2.24, 2.45) is 5.10 Å². The summed E-state index contributed by atoms with van der Waals surface area (Å²) in [5.41, 5.74) is 3.31. The minimum absolute atomic E-state index is 0.0268. The van der Waals surface area contributed by atoms with Crippen LogP contribution in [0.15, 0.2) is 82.8 Å². The summed E-state index contributed by atoms with van der Waals surface area (Å²) in [5.74, 6) is 2.80. The molecule has 0 atom stereocenters. The molecule has 0 radical (unpaired) electrons. The third-order valence-electron chi connectivity index (χ3n) is 5.47. The first kappa shape index (κ1) is 26.4. The molecule has 1 heterocycles. The maximum absolute atomic E-state index is 13.6. The van der Waals surface area contributed by atoms with Gasteiger partial charge in [-0.25, -0.2) is 13.8 Å². The monoisotopic (exact) mass is 541 g/mol. The molecule has 0 aliphatic carbocycles. The highest BCUT2D eigenvalue weighted by atomic mass is 32.2. The van der Waals surface area contributed by atoms with E-state index in [9.17, 15) is 13.2 Å². The van der Waals surface area contributed by atoms with Gasteiger partial charge in [0.15, 0.2) is 0 Å².